The van der Waals surface area contributed by atoms with Crippen molar-refractivity contribution in [1.29, 1.82) is 0 Å². The number of esters is 2. The van der Waals surface area contributed by atoms with Crippen LogP contribution in [0.3, 0.4) is 0 Å². The van der Waals surface area contributed by atoms with E-state index < -0.39 is 33.2 Å². The first-order valence-corrected chi connectivity index (χ1v) is 15.0. The molecular weight excluding hydrogens is 447 g/mol. The second kappa shape index (κ2) is 20.8. The second-order valence-electron chi connectivity index (χ2n) is 9.79. The fourth-order valence-electron chi connectivity index (χ4n) is 4.75. The van der Waals surface area contributed by atoms with E-state index in [0.717, 1.165) is 19.3 Å². The third-order valence-corrected chi connectivity index (χ3v) is 8.12. The molecule has 1 heterocycles. The normalized spacial score (nSPS) is 16.9. The molecule has 0 aromatic carbocycles. The molecule has 34 heavy (non-hydrogen) atoms. The molecule has 1 aliphatic heterocycles. The first-order valence-electron chi connectivity index (χ1n) is 13.6. The minimum absolute atomic E-state index is 0. The Balaban J connectivity index is 0.0000109. The van der Waals surface area contributed by atoms with Crippen LogP contribution in [0.2, 0.25) is 0 Å². The molecule has 0 aromatic rings. The molecule has 0 aliphatic carbocycles. The van der Waals surface area contributed by atoms with Crippen molar-refractivity contribution in [3.05, 3.63) is 0 Å². The Kier molecular flexibility index (Phi) is 20.6. The van der Waals surface area contributed by atoms with E-state index >= 15 is 0 Å². The van der Waals surface area contributed by atoms with Gasteiger partial charge in [0, 0.05) is 0 Å². The second-order valence-corrected chi connectivity index (χ2v) is 11.4. The molecule has 1 aliphatic rings. The van der Waals surface area contributed by atoms with Crippen molar-refractivity contribution < 1.29 is 46.2 Å². The predicted octanol–water partition coefficient (Wildman–Crippen LogP) is 3.82. The Morgan fingerprint density at radius 2 is 1.09 bits per heavy atom. The van der Waals surface area contributed by atoms with E-state index in [1.807, 2.05) is 0 Å². The quantitative estimate of drug-likeness (QED) is 0.0746. The summed E-state index contributed by atoms with van der Waals surface area (Å²) in [5.41, 5.74) is 0. The average Bonchev–Trinajstić information content (AvgIpc) is 3.08. The summed E-state index contributed by atoms with van der Waals surface area (Å²) in [7, 11) is -4.63. The van der Waals surface area contributed by atoms with Gasteiger partial charge >= 0.3 is 30.8 Å². The van der Waals surface area contributed by atoms with Crippen LogP contribution in [-0.2, 0) is 24.4 Å². The molecule has 2 unspecified atom stereocenters. The van der Waals surface area contributed by atoms with Crippen LogP contribution in [0.15, 0.2) is 0 Å². The Morgan fingerprint density at radius 1 is 0.735 bits per heavy atom. The molecule has 0 saturated carbocycles. The van der Waals surface area contributed by atoms with Gasteiger partial charge in [0.15, 0.2) is 0 Å². The fourth-order valence-corrected chi connectivity index (χ4v) is 5.81. The van der Waals surface area contributed by atoms with Gasteiger partial charge in [-0.25, -0.2) is 8.42 Å². The Morgan fingerprint density at radius 3 is 1.38 bits per heavy atom. The number of hydrogen-bond donors (Lipinski definition) is 0. The summed E-state index contributed by atoms with van der Waals surface area (Å²) in [5.74, 6) is -2.75. The summed E-state index contributed by atoms with van der Waals surface area (Å²) in [6.07, 6.45) is 23.6. The van der Waals surface area contributed by atoms with Crippen molar-refractivity contribution in [2.45, 2.75) is 147 Å². The van der Waals surface area contributed by atoms with Gasteiger partial charge in [-0.1, -0.05) is 129 Å². The van der Waals surface area contributed by atoms with Crippen molar-refractivity contribution in [2.75, 3.05) is 0 Å². The number of carbonyl (C=O) groups is 2. The summed E-state index contributed by atoms with van der Waals surface area (Å²) in [5, 5.41) is -1.35. The standard InChI is InChI=1S/C26H48O6S.Li/c1-2-3-4-5-6-7-8-9-10-11-12-13-14-15-16-17-18-19-20-21-24(33(29,30)31)23-22-25(27)32-26(23)28;/h23-24H,2-22H2,1H3,(H,29,30,31);/q;+1/p-1. The molecule has 0 spiro atoms. The van der Waals surface area contributed by atoms with Gasteiger partial charge in [-0.2, -0.15) is 0 Å². The summed E-state index contributed by atoms with van der Waals surface area (Å²) < 4.78 is 39.0. The van der Waals surface area contributed by atoms with E-state index in [0.29, 0.717) is 6.42 Å². The first kappa shape index (κ1) is 33.6. The number of ether oxygens (including phenoxy) is 1. The molecule has 1 saturated heterocycles. The van der Waals surface area contributed by atoms with Gasteiger partial charge in [-0.3, -0.25) is 9.59 Å². The van der Waals surface area contributed by atoms with Crippen molar-refractivity contribution in [2.24, 2.45) is 5.92 Å². The van der Waals surface area contributed by atoms with Crippen molar-refractivity contribution >= 4 is 22.1 Å². The maximum atomic E-state index is 11.6. The molecular formula is C26H47LiO6S. The number of hydrogen-bond acceptors (Lipinski definition) is 6. The monoisotopic (exact) mass is 494 g/mol. The summed E-state index contributed by atoms with van der Waals surface area (Å²) >= 11 is 0. The Bertz CT molecular complexity index is 637. The van der Waals surface area contributed by atoms with Gasteiger partial charge in [0.05, 0.1) is 27.7 Å². The minimum Gasteiger partial charge on any atom is -0.748 e. The van der Waals surface area contributed by atoms with Gasteiger partial charge in [0.2, 0.25) is 0 Å². The molecule has 0 bridgehead atoms. The van der Waals surface area contributed by atoms with Crippen LogP contribution < -0.4 is 18.9 Å². The molecule has 6 nitrogen and oxygen atoms in total. The van der Waals surface area contributed by atoms with E-state index in [9.17, 15) is 22.6 Å². The minimum atomic E-state index is -4.63. The average molecular weight is 495 g/mol. The molecule has 0 N–H and O–H groups in total. The van der Waals surface area contributed by atoms with Gasteiger partial charge < -0.3 is 9.29 Å². The van der Waals surface area contributed by atoms with E-state index in [4.69, 9.17) is 0 Å². The van der Waals surface area contributed by atoms with E-state index in [2.05, 4.69) is 11.7 Å². The van der Waals surface area contributed by atoms with Crippen LogP contribution in [0, 0.1) is 5.92 Å². The Hall–Kier alpha value is -0.353. The largest absolute Gasteiger partial charge is 1.00 e. The Labute approximate surface area is 220 Å². The van der Waals surface area contributed by atoms with Crippen molar-refractivity contribution in [3.63, 3.8) is 0 Å². The number of cyclic esters (lactones) is 2. The van der Waals surface area contributed by atoms with Gasteiger partial charge in [-0.15, -0.1) is 0 Å². The zero-order valence-electron chi connectivity index (χ0n) is 21.9. The third-order valence-electron chi connectivity index (χ3n) is 6.82. The van der Waals surface area contributed by atoms with Crippen molar-refractivity contribution in [1.82, 2.24) is 0 Å². The molecule has 194 valence electrons. The zero-order chi connectivity index (χ0) is 24.4. The summed E-state index contributed by atoms with van der Waals surface area (Å²) in [6, 6.07) is 0. The predicted molar refractivity (Wildman–Crippen MR) is 131 cm³/mol. The molecule has 0 aromatic heterocycles. The number of carbonyl (C=O) groups excluding carboxylic acids is 2. The smallest absolute Gasteiger partial charge is 0.748 e. The molecule has 1 rings (SSSR count). The van der Waals surface area contributed by atoms with Crippen LogP contribution in [0.4, 0.5) is 0 Å². The van der Waals surface area contributed by atoms with Crippen LogP contribution in [0.25, 0.3) is 0 Å². The van der Waals surface area contributed by atoms with Crippen LogP contribution in [-0.4, -0.2) is 30.2 Å². The van der Waals surface area contributed by atoms with E-state index in [1.54, 1.807) is 0 Å². The SMILES string of the molecule is CCCCCCCCCCCCCCCCCCCCCC(C1CC(=O)OC1=O)S(=O)(=O)[O-].[Li+]. The summed E-state index contributed by atoms with van der Waals surface area (Å²) in [4.78, 5) is 22.8. The van der Waals surface area contributed by atoms with Gasteiger partial charge in [0.1, 0.15) is 0 Å². The van der Waals surface area contributed by atoms with Gasteiger partial charge in [0.25, 0.3) is 0 Å². The topological polar surface area (TPSA) is 101 Å². The molecule has 0 radical (unpaired) electrons. The maximum Gasteiger partial charge on any atom is 1.00 e. The van der Waals surface area contributed by atoms with E-state index in [-0.39, 0.29) is 31.7 Å². The number of unbranched alkanes of at least 4 members (excludes halogenated alkanes) is 18. The number of rotatable bonds is 22. The van der Waals surface area contributed by atoms with Crippen LogP contribution >= 0.6 is 0 Å². The molecule has 8 heteroatoms. The third kappa shape index (κ3) is 16.3. The molecule has 2 atom stereocenters. The maximum absolute atomic E-state index is 11.6. The zero-order valence-corrected chi connectivity index (χ0v) is 22.7. The molecule has 1 fully saturated rings. The first-order chi connectivity index (χ1) is 15.9. The van der Waals surface area contributed by atoms with Crippen molar-refractivity contribution in [3.8, 4) is 0 Å². The van der Waals surface area contributed by atoms with E-state index in [1.165, 1.54) is 96.3 Å². The van der Waals surface area contributed by atoms with Crippen LogP contribution in [0.5, 0.6) is 0 Å². The summed E-state index contributed by atoms with van der Waals surface area (Å²) in [6.45, 7) is 2.26. The van der Waals surface area contributed by atoms with Gasteiger partial charge in [-0.05, 0) is 6.42 Å². The van der Waals surface area contributed by atoms with Crippen LogP contribution in [0.1, 0.15) is 142 Å². The molecule has 0 amide bonds. The fraction of sp³-hybridized carbons (Fsp3) is 0.923.